The van der Waals surface area contributed by atoms with Crippen molar-refractivity contribution < 1.29 is 18.7 Å². The first-order chi connectivity index (χ1) is 15.0. The van der Waals surface area contributed by atoms with Gasteiger partial charge in [-0.05, 0) is 49.4 Å². The number of fused-ring (bicyclic) bond motifs is 3. The van der Waals surface area contributed by atoms with E-state index in [0.29, 0.717) is 11.1 Å². The minimum Gasteiger partial charge on any atom is -0.450 e. The quantitative estimate of drug-likeness (QED) is 0.305. The highest BCUT2D eigenvalue weighted by Crippen LogP contribution is 2.47. The van der Waals surface area contributed by atoms with Crippen molar-refractivity contribution in [2.75, 3.05) is 11.5 Å². The lowest BCUT2D eigenvalue weighted by Gasteiger charge is -2.30. The molecule has 5 rings (SSSR count). The third-order valence-electron chi connectivity index (χ3n) is 5.09. The molecule has 1 amide bonds. The van der Waals surface area contributed by atoms with Crippen LogP contribution in [0.2, 0.25) is 0 Å². The van der Waals surface area contributed by atoms with E-state index in [-0.39, 0.29) is 11.7 Å². The molecule has 5 nitrogen and oxygen atoms in total. The number of carbonyl (C=O) groups is 2. The van der Waals surface area contributed by atoms with E-state index < -0.39 is 12.6 Å². The SMILES string of the molecule is Cc1c(C(=O)OCC(=O)N2c3ccccc3Sc3ccccc32)oc2ccc(Br)cc12. The molecule has 0 unspecified atom stereocenters. The molecular formula is C24H16BrNO4S. The Kier molecular flexibility index (Phi) is 5.08. The zero-order chi connectivity index (χ0) is 21.5. The Bertz CT molecular complexity index is 1300. The molecule has 0 aliphatic carbocycles. The highest BCUT2D eigenvalue weighted by Gasteiger charge is 2.29. The van der Waals surface area contributed by atoms with Gasteiger partial charge in [0.1, 0.15) is 5.58 Å². The highest BCUT2D eigenvalue weighted by atomic mass is 79.9. The Morgan fingerprint density at radius 3 is 2.32 bits per heavy atom. The van der Waals surface area contributed by atoms with E-state index in [1.54, 1.807) is 29.7 Å². The van der Waals surface area contributed by atoms with Crippen molar-refractivity contribution in [2.45, 2.75) is 16.7 Å². The van der Waals surface area contributed by atoms with Crippen LogP contribution in [-0.2, 0) is 9.53 Å². The Labute approximate surface area is 191 Å². The third kappa shape index (κ3) is 3.54. The number of anilines is 2. The van der Waals surface area contributed by atoms with Gasteiger partial charge in [-0.1, -0.05) is 52.0 Å². The number of aryl methyl sites for hydroxylation is 1. The van der Waals surface area contributed by atoms with Gasteiger partial charge in [0, 0.05) is 25.2 Å². The van der Waals surface area contributed by atoms with Gasteiger partial charge in [0.25, 0.3) is 5.91 Å². The molecule has 0 N–H and O–H groups in total. The maximum absolute atomic E-state index is 13.2. The standard InChI is InChI=1S/C24H16BrNO4S/c1-14-16-12-15(25)10-11-19(16)30-23(14)24(28)29-13-22(27)26-17-6-2-4-8-20(17)31-21-9-5-3-7-18(21)26/h2-12H,13H2,1H3. The number of hydrogen-bond acceptors (Lipinski definition) is 5. The maximum atomic E-state index is 13.2. The van der Waals surface area contributed by atoms with Crippen molar-refractivity contribution in [2.24, 2.45) is 0 Å². The van der Waals surface area contributed by atoms with Crippen molar-refractivity contribution in [3.63, 3.8) is 0 Å². The molecular weight excluding hydrogens is 478 g/mol. The molecule has 31 heavy (non-hydrogen) atoms. The molecule has 1 aromatic heterocycles. The molecule has 2 heterocycles. The Balaban J connectivity index is 1.40. The first kappa shape index (κ1) is 19.9. The summed E-state index contributed by atoms with van der Waals surface area (Å²) in [6, 6.07) is 20.9. The smallest absolute Gasteiger partial charge is 0.375 e. The molecule has 0 spiro atoms. The molecule has 7 heteroatoms. The number of para-hydroxylation sites is 2. The Morgan fingerprint density at radius 1 is 1.00 bits per heavy atom. The number of halogens is 1. The van der Waals surface area contributed by atoms with Crippen molar-refractivity contribution in [3.8, 4) is 0 Å². The number of hydrogen-bond donors (Lipinski definition) is 0. The summed E-state index contributed by atoms with van der Waals surface area (Å²) in [7, 11) is 0. The molecule has 0 fully saturated rings. The second kappa shape index (κ2) is 7.90. The van der Waals surface area contributed by atoms with Gasteiger partial charge in [0.15, 0.2) is 6.61 Å². The number of ether oxygens (including phenoxy) is 1. The lowest BCUT2D eigenvalue weighted by molar-refractivity contribution is -0.121. The summed E-state index contributed by atoms with van der Waals surface area (Å²) in [6.45, 7) is 1.40. The molecule has 154 valence electrons. The number of carbonyl (C=O) groups excluding carboxylic acids is 2. The van der Waals surface area contributed by atoms with Gasteiger partial charge in [-0.2, -0.15) is 0 Å². The Morgan fingerprint density at radius 2 is 1.65 bits per heavy atom. The van der Waals surface area contributed by atoms with E-state index in [0.717, 1.165) is 31.0 Å². The van der Waals surface area contributed by atoms with Crippen LogP contribution < -0.4 is 4.90 Å². The van der Waals surface area contributed by atoms with Crippen LogP contribution in [0.25, 0.3) is 11.0 Å². The summed E-state index contributed by atoms with van der Waals surface area (Å²) in [5, 5.41) is 0.823. The average Bonchev–Trinajstić information content (AvgIpc) is 3.11. The fourth-order valence-electron chi connectivity index (χ4n) is 3.62. The first-order valence-corrected chi connectivity index (χ1v) is 11.2. The van der Waals surface area contributed by atoms with Gasteiger partial charge >= 0.3 is 5.97 Å². The summed E-state index contributed by atoms with van der Waals surface area (Å²) in [5.41, 5.74) is 2.82. The van der Waals surface area contributed by atoms with Crippen molar-refractivity contribution in [1.29, 1.82) is 0 Å². The van der Waals surface area contributed by atoms with E-state index in [1.807, 2.05) is 60.7 Å². The zero-order valence-corrected chi connectivity index (χ0v) is 18.8. The molecule has 0 saturated heterocycles. The van der Waals surface area contributed by atoms with Crippen LogP contribution in [0.15, 0.2) is 85.4 Å². The number of amides is 1. The maximum Gasteiger partial charge on any atom is 0.375 e. The average molecular weight is 494 g/mol. The number of benzene rings is 3. The molecule has 1 aliphatic heterocycles. The highest BCUT2D eigenvalue weighted by molar-refractivity contribution is 9.10. The molecule has 0 atom stereocenters. The number of rotatable bonds is 3. The first-order valence-electron chi connectivity index (χ1n) is 9.57. The number of nitrogens with zero attached hydrogens (tertiary/aromatic N) is 1. The fourth-order valence-corrected chi connectivity index (χ4v) is 5.04. The van der Waals surface area contributed by atoms with Crippen LogP contribution in [0.1, 0.15) is 16.1 Å². The summed E-state index contributed by atoms with van der Waals surface area (Å²) in [4.78, 5) is 29.4. The second-order valence-electron chi connectivity index (χ2n) is 7.04. The number of esters is 1. The van der Waals surface area contributed by atoms with Crippen LogP contribution >= 0.6 is 27.7 Å². The van der Waals surface area contributed by atoms with Crippen LogP contribution in [0.4, 0.5) is 11.4 Å². The predicted octanol–water partition coefficient (Wildman–Crippen LogP) is 6.49. The van der Waals surface area contributed by atoms with Gasteiger partial charge in [-0.15, -0.1) is 0 Å². The lowest BCUT2D eigenvalue weighted by atomic mass is 10.1. The topological polar surface area (TPSA) is 59.8 Å². The summed E-state index contributed by atoms with van der Waals surface area (Å²) < 4.78 is 11.9. The lowest BCUT2D eigenvalue weighted by Crippen LogP contribution is -2.32. The van der Waals surface area contributed by atoms with Crippen molar-refractivity contribution in [3.05, 3.63) is 82.5 Å². The normalized spacial score (nSPS) is 12.4. The third-order valence-corrected chi connectivity index (χ3v) is 6.72. The van der Waals surface area contributed by atoms with Crippen molar-refractivity contribution >= 4 is 61.9 Å². The van der Waals surface area contributed by atoms with Gasteiger partial charge in [-0.3, -0.25) is 9.69 Å². The van der Waals surface area contributed by atoms with Crippen molar-refractivity contribution in [1.82, 2.24) is 0 Å². The second-order valence-corrected chi connectivity index (χ2v) is 9.04. The van der Waals surface area contributed by atoms with E-state index in [2.05, 4.69) is 15.9 Å². The van der Waals surface area contributed by atoms with E-state index in [4.69, 9.17) is 9.15 Å². The number of furan rings is 1. The molecule has 4 aromatic rings. The van der Waals surface area contributed by atoms with Crippen LogP contribution in [0, 0.1) is 6.92 Å². The molecule has 0 bridgehead atoms. The molecule has 1 aliphatic rings. The fraction of sp³-hybridized carbons (Fsp3) is 0.0833. The van der Waals surface area contributed by atoms with Gasteiger partial charge in [0.05, 0.1) is 11.4 Å². The van der Waals surface area contributed by atoms with Gasteiger partial charge in [-0.25, -0.2) is 4.79 Å². The van der Waals surface area contributed by atoms with E-state index in [1.165, 1.54) is 0 Å². The molecule has 3 aromatic carbocycles. The Hall–Kier alpha value is -3.03. The predicted molar refractivity (Wildman–Crippen MR) is 123 cm³/mol. The summed E-state index contributed by atoms with van der Waals surface area (Å²) in [6.07, 6.45) is 0. The molecule has 0 saturated carbocycles. The van der Waals surface area contributed by atoms with Crippen LogP contribution in [0.5, 0.6) is 0 Å². The van der Waals surface area contributed by atoms with Gasteiger partial charge in [0.2, 0.25) is 5.76 Å². The van der Waals surface area contributed by atoms with E-state index >= 15 is 0 Å². The van der Waals surface area contributed by atoms with Crippen LogP contribution in [0.3, 0.4) is 0 Å². The van der Waals surface area contributed by atoms with E-state index in [9.17, 15) is 9.59 Å². The monoisotopic (exact) mass is 493 g/mol. The minimum absolute atomic E-state index is 0.107. The van der Waals surface area contributed by atoms with Gasteiger partial charge < -0.3 is 9.15 Å². The van der Waals surface area contributed by atoms with Crippen LogP contribution in [-0.4, -0.2) is 18.5 Å². The zero-order valence-electron chi connectivity index (χ0n) is 16.4. The summed E-state index contributed by atoms with van der Waals surface area (Å²) in [5.74, 6) is -0.882. The minimum atomic E-state index is -0.661. The molecule has 0 radical (unpaired) electrons. The largest absolute Gasteiger partial charge is 0.450 e. The summed E-state index contributed by atoms with van der Waals surface area (Å²) >= 11 is 5.03.